The van der Waals surface area contributed by atoms with Crippen molar-refractivity contribution in [3.8, 4) is 5.75 Å². The molecule has 128 valence electrons. The number of unbranched alkanes of at least 4 members (excludes halogenated alkanes) is 1. The van der Waals surface area contributed by atoms with Gasteiger partial charge in [0.15, 0.2) is 5.13 Å². The van der Waals surface area contributed by atoms with Gasteiger partial charge in [0.05, 0.1) is 18.5 Å². The lowest BCUT2D eigenvalue weighted by molar-refractivity contribution is 0.0958. The number of nitrogens with two attached hydrogens (primary N) is 1. The van der Waals surface area contributed by atoms with Crippen LogP contribution in [0.5, 0.6) is 5.75 Å². The Balaban J connectivity index is 1.90. The first-order valence-corrected chi connectivity index (χ1v) is 8.77. The lowest BCUT2D eigenvalue weighted by Crippen LogP contribution is -2.17. The molecule has 0 atom stereocenters. The number of carbonyl (C=O) groups is 1. The Kier molecular flexibility index (Phi) is 6.74. The Bertz CT molecular complexity index is 695. The van der Waals surface area contributed by atoms with Crippen molar-refractivity contribution in [2.24, 2.45) is 5.10 Å². The van der Waals surface area contributed by atoms with Gasteiger partial charge in [-0.25, -0.2) is 10.4 Å². The van der Waals surface area contributed by atoms with E-state index in [-0.39, 0.29) is 5.91 Å². The van der Waals surface area contributed by atoms with Gasteiger partial charge in [-0.3, -0.25) is 4.79 Å². The van der Waals surface area contributed by atoms with E-state index in [0.29, 0.717) is 22.1 Å². The molecular weight excluding hydrogens is 324 g/mol. The number of hydrazone groups is 1. The van der Waals surface area contributed by atoms with E-state index in [1.807, 2.05) is 31.2 Å². The molecule has 0 saturated carbocycles. The first-order chi connectivity index (χ1) is 11.6. The lowest BCUT2D eigenvalue weighted by atomic mass is 10.2. The van der Waals surface area contributed by atoms with E-state index in [0.717, 1.165) is 30.8 Å². The number of aromatic nitrogens is 1. The van der Waals surface area contributed by atoms with Crippen molar-refractivity contribution >= 4 is 28.6 Å². The summed E-state index contributed by atoms with van der Waals surface area (Å²) in [5.74, 6) is 0.536. The van der Waals surface area contributed by atoms with E-state index in [1.165, 1.54) is 11.3 Å². The highest BCUT2D eigenvalue weighted by molar-refractivity contribution is 7.17. The minimum absolute atomic E-state index is 0.295. The summed E-state index contributed by atoms with van der Waals surface area (Å²) in [6, 6.07) is 7.55. The van der Waals surface area contributed by atoms with Gasteiger partial charge >= 0.3 is 0 Å². The van der Waals surface area contributed by atoms with Crippen LogP contribution in [0.1, 0.15) is 47.6 Å². The third-order valence-corrected chi connectivity index (χ3v) is 4.21. The number of hydrogen-bond acceptors (Lipinski definition) is 6. The maximum absolute atomic E-state index is 12.1. The van der Waals surface area contributed by atoms with Gasteiger partial charge in [0.25, 0.3) is 5.91 Å². The lowest BCUT2D eigenvalue weighted by Gasteiger charge is -2.04. The van der Waals surface area contributed by atoms with Gasteiger partial charge in [0.2, 0.25) is 0 Å². The van der Waals surface area contributed by atoms with Crippen LogP contribution in [-0.2, 0) is 6.42 Å². The Morgan fingerprint density at radius 1 is 1.38 bits per heavy atom. The fourth-order valence-corrected chi connectivity index (χ4v) is 2.80. The van der Waals surface area contributed by atoms with E-state index in [2.05, 4.69) is 22.4 Å². The van der Waals surface area contributed by atoms with Gasteiger partial charge in [-0.1, -0.05) is 31.6 Å². The van der Waals surface area contributed by atoms with Crippen molar-refractivity contribution in [2.75, 3.05) is 12.3 Å². The van der Waals surface area contributed by atoms with Crippen LogP contribution in [0.3, 0.4) is 0 Å². The molecular formula is C17H22N4O2S. The molecule has 2 rings (SSSR count). The summed E-state index contributed by atoms with van der Waals surface area (Å²) in [6.07, 6.45) is 4.38. The quantitative estimate of drug-likeness (QED) is 0.436. The topological polar surface area (TPSA) is 89.6 Å². The third kappa shape index (κ3) is 5.06. The van der Waals surface area contributed by atoms with Gasteiger partial charge in [-0.2, -0.15) is 5.10 Å². The molecule has 24 heavy (non-hydrogen) atoms. The number of nitrogens with zero attached hydrogens (tertiary/aromatic N) is 2. The van der Waals surface area contributed by atoms with Gasteiger partial charge < -0.3 is 10.5 Å². The van der Waals surface area contributed by atoms with E-state index < -0.39 is 0 Å². The van der Waals surface area contributed by atoms with E-state index >= 15 is 0 Å². The minimum Gasteiger partial charge on any atom is -0.494 e. The third-order valence-electron chi connectivity index (χ3n) is 3.28. The number of aryl methyl sites for hydroxylation is 1. The standard InChI is InChI=1S/C17H22N4O2S/c1-3-5-10-23-13-8-6-12(7-9-13)11-19-21-16(22)15-14(4-2)20-17(18)24-15/h6-9,11H,3-5,10H2,1-2H3,(H2,18,20)(H,21,22)/b19-11+. The molecule has 2 aromatic rings. The summed E-state index contributed by atoms with van der Waals surface area (Å²) in [5.41, 5.74) is 9.72. The second kappa shape index (κ2) is 9.02. The molecule has 0 aliphatic rings. The van der Waals surface area contributed by atoms with Crippen molar-refractivity contribution < 1.29 is 9.53 Å². The van der Waals surface area contributed by atoms with Crippen LogP contribution in [0, 0.1) is 0 Å². The number of nitrogen functional groups attached to an aromatic ring is 1. The normalized spacial score (nSPS) is 10.9. The van der Waals surface area contributed by atoms with E-state index in [4.69, 9.17) is 10.5 Å². The number of thiazole rings is 1. The smallest absolute Gasteiger partial charge is 0.283 e. The Morgan fingerprint density at radius 3 is 2.79 bits per heavy atom. The molecule has 0 spiro atoms. The predicted octanol–water partition coefficient (Wildman–Crippen LogP) is 3.23. The molecule has 1 amide bonds. The Hall–Kier alpha value is -2.41. The monoisotopic (exact) mass is 346 g/mol. The van der Waals surface area contributed by atoms with Gasteiger partial charge in [-0.15, -0.1) is 0 Å². The van der Waals surface area contributed by atoms with Crippen LogP contribution in [-0.4, -0.2) is 23.7 Å². The van der Waals surface area contributed by atoms with E-state index in [9.17, 15) is 4.79 Å². The number of anilines is 1. The first kappa shape index (κ1) is 17.9. The Labute approximate surface area is 145 Å². The average molecular weight is 346 g/mol. The molecule has 0 radical (unpaired) electrons. The minimum atomic E-state index is -0.295. The van der Waals surface area contributed by atoms with E-state index in [1.54, 1.807) is 6.21 Å². The van der Waals surface area contributed by atoms with Crippen LogP contribution < -0.4 is 15.9 Å². The number of nitrogens with one attached hydrogen (secondary N) is 1. The molecule has 3 N–H and O–H groups in total. The van der Waals surface area contributed by atoms with Crippen LogP contribution >= 0.6 is 11.3 Å². The predicted molar refractivity (Wildman–Crippen MR) is 97.8 cm³/mol. The van der Waals surface area contributed by atoms with Gasteiger partial charge in [-0.05, 0) is 42.7 Å². The summed E-state index contributed by atoms with van der Waals surface area (Å²) in [7, 11) is 0. The molecule has 1 aromatic carbocycles. The largest absolute Gasteiger partial charge is 0.494 e. The first-order valence-electron chi connectivity index (χ1n) is 7.95. The SMILES string of the molecule is CCCCOc1ccc(/C=N/NC(=O)c2sc(N)nc2CC)cc1. The molecule has 0 aliphatic carbocycles. The molecule has 0 aliphatic heterocycles. The number of carbonyl (C=O) groups excluding carboxylic acids is 1. The maximum atomic E-state index is 12.1. The summed E-state index contributed by atoms with van der Waals surface area (Å²) in [5, 5.41) is 4.37. The fourth-order valence-electron chi connectivity index (χ4n) is 1.99. The second-order valence-electron chi connectivity index (χ2n) is 5.15. The zero-order valence-corrected chi connectivity index (χ0v) is 14.7. The van der Waals surface area contributed by atoms with Gasteiger partial charge in [0.1, 0.15) is 10.6 Å². The zero-order chi connectivity index (χ0) is 17.4. The number of ether oxygens (including phenoxy) is 1. The van der Waals surface area contributed by atoms with Crippen molar-refractivity contribution in [3.63, 3.8) is 0 Å². The molecule has 1 heterocycles. The Morgan fingerprint density at radius 2 is 2.12 bits per heavy atom. The zero-order valence-electron chi connectivity index (χ0n) is 13.9. The van der Waals surface area contributed by atoms with Crippen molar-refractivity contribution in [1.82, 2.24) is 10.4 Å². The molecule has 0 saturated heterocycles. The highest BCUT2D eigenvalue weighted by Crippen LogP contribution is 2.20. The second-order valence-corrected chi connectivity index (χ2v) is 6.18. The highest BCUT2D eigenvalue weighted by atomic mass is 32.1. The number of amides is 1. The summed E-state index contributed by atoms with van der Waals surface area (Å²) in [6.45, 7) is 4.78. The van der Waals surface area contributed by atoms with Gasteiger partial charge in [0, 0.05) is 0 Å². The van der Waals surface area contributed by atoms with Crippen LogP contribution in [0.25, 0.3) is 0 Å². The van der Waals surface area contributed by atoms with Crippen molar-refractivity contribution in [1.29, 1.82) is 0 Å². The fraction of sp³-hybridized carbons (Fsp3) is 0.353. The van der Waals surface area contributed by atoms with Crippen molar-refractivity contribution in [2.45, 2.75) is 33.1 Å². The molecule has 1 aromatic heterocycles. The molecule has 6 nitrogen and oxygen atoms in total. The molecule has 0 bridgehead atoms. The molecule has 0 fully saturated rings. The number of rotatable bonds is 8. The number of benzene rings is 1. The average Bonchev–Trinajstić information content (AvgIpc) is 2.97. The summed E-state index contributed by atoms with van der Waals surface area (Å²) in [4.78, 5) is 16.7. The van der Waals surface area contributed by atoms with Crippen molar-refractivity contribution in [3.05, 3.63) is 40.4 Å². The van der Waals surface area contributed by atoms with Crippen LogP contribution in [0.2, 0.25) is 0 Å². The number of hydrogen-bond donors (Lipinski definition) is 2. The summed E-state index contributed by atoms with van der Waals surface area (Å²) >= 11 is 1.17. The highest BCUT2D eigenvalue weighted by Gasteiger charge is 2.15. The van der Waals surface area contributed by atoms with Crippen LogP contribution in [0.15, 0.2) is 29.4 Å². The molecule has 7 heteroatoms. The summed E-state index contributed by atoms with van der Waals surface area (Å²) < 4.78 is 5.60. The van der Waals surface area contributed by atoms with Crippen LogP contribution in [0.4, 0.5) is 5.13 Å². The molecule has 0 unspecified atom stereocenters. The maximum Gasteiger partial charge on any atom is 0.283 e.